The third kappa shape index (κ3) is 3.60. The number of H-pyrrole nitrogens is 1. The number of nitrogens with zero attached hydrogens (tertiary/aromatic N) is 2. The van der Waals surface area contributed by atoms with E-state index in [0.29, 0.717) is 31.2 Å². The van der Waals surface area contributed by atoms with Gasteiger partial charge >= 0.3 is 155 Å². The van der Waals surface area contributed by atoms with Crippen molar-refractivity contribution in [2.45, 2.75) is 31.8 Å². The van der Waals surface area contributed by atoms with Crippen LogP contribution in [-0.4, -0.2) is 62.0 Å². The zero-order chi connectivity index (χ0) is 19.2. The molecule has 3 aliphatic rings. The number of aromatic nitrogens is 2. The van der Waals surface area contributed by atoms with Gasteiger partial charge in [0, 0.05) is 0 Å². The number of esters is 1. The van der Waals surface area contributed by atoms with Gasteiger partial charge in [0.2, 0.25) is 0 Å². The Labute approximate surface area is 155 Å². The first kappa shape index (κ1) is 18.4. The van der Waals surface area contributed by atoms with E-state index >= 15 is 0 Å². The van der Waals surface area contributed by atoms with Crippen molar-refractivity contribution >= 4 is 38.8 Å². The van der Waals surface area contributed by atoms with Gasteiger partial charge in [-0.2, -0.15) is 0 Å². The molecule has 2 saturated heterocycles. The van der Waals surface area contributed by atoms with Gasteiger partial charge in [-0.15, -0.1) is 0 Å². The molecule has 27 heavy (non-hydrogen) atoms. The number of nitrogens with one attached hydrogen (secondary N) is 2. The van der Waals surface area contributed by atoms with E-state index in [0.717, 1.165) is 0 Å². The van der Waals surface area contributed by atoms with E-state index in [1.807, 2.05) is 4.90 Å². The number of ether oxygens (including phenoxy) is 2. The van der Waals surface area contributed by atoms with Crippen LogP contribution in [0.4, 0.5) is 17.5 Å². The van der Waals surface area contributed by atoms with Gasteiger partial charge in [0.15, 0.2) is 0 Å². The van der Waals surface area contributed by atoms with E-state index in [1.165, 1.54) is 6.92 Å². The van der Waals surface area contributed by atoms with E-state index in [1.54, 1.807) is 7.57 Å². The first-order chi connectivity index (χ1) is 12.8. The molecule has 1 aromatic heterocycles. The molecule has 148 valence electrons. The fourth-order valence-electron chi connectivity index (χ4n) is 3.33. The molecule has 3 aliphatic heterocycles. The first-order valence-electron chi connectivity index (χ1n) is 8.49. The Morgan fingerprint density at radius 3 is 3.11 bits per heavy atom. The number of aromatic amines is 1. The van der Waals surface area contributed by atoms with Crippen LogP contribution < -0.4 is 21.5 Å². The minimum atomic E-state index is -2.93. The van der Waals surface area contributed by atoms with Gasteiger partial charge in [-0.3, -0.25) is 0 Å². The molecule has 1 aromatic rings. The molecule has 0 unspecified atom stereocenters. The minimum absolute atomic E-state index is 0.0429. The standard InChI is InChI=1S/C13H21BN5O7P/c1-6(20)22-5-24-27(14)23-3-8-7(26-27)2-9(25-8)19-4-16-10-11(19)17-13(15)18-12(10)21/h7-9,16,27H,2-5,14H2,1H3,(H3,15,17,18,21)/t7-,8+,9+/m0/s1. The maximum atomic E-state index is 12.0. The number of nitrogens with two attached hydrogens (primary N) is 1. The Morgan fingerprint density at radius 2 is 2.33 bits per heavy atom. The van der Waals surface area contributed by atoms with E-state index in [-0.39, 0.29) is 36.7 Å². The molecule has 4 N–H and O–H groups in total. The molecule has 4 heterocycles. The molecular formula is C13H21BN5O7P. The number of carbonyl (C=O) groups is 1. The molecule has 2 fully saturated rings. The second kappa shape index (κ2) is 6.91. The summed E-state index contributed by atoms with van der Waals surface area (Å²) in [6.07, 6.45) is -0.309. The van der Waals surface area contributed by atoms with Crippen LogP contribution >= 0.6 is 7.82 Å². The Kier molecular flexibility index (Phi) is 4.72. The topological polar surface area (TPSA) is 150 Å². The molecule has 0 bridgehead atoms. The summed E-state index contributed by atoms with van der Waals surface area (Å²) in [7, 11) is -1.19. The predicted octanol–water partition coefficient (Wildman–Crippen LogP) is -1.35. The van der Waals surface area contributed by atoms with Crippen molar-refractivity contribution in [1.29, 1.82) is 0 Å². The zero-order valence-corrected chi connectivity index (χ0v) is 15.9. The molecule has 14 heteroatoms. The van der Waals surface area contributed by atoms with E-state index in [4.69, 9.17) is 28.8 Å². The Balaban J connectivity index is 1.43. The molecular weight excluding hydrogens is 380 g/mol. The summed E-state index contributed by atoms with van der Waals surface area (Å²) in [5.41, 5.74) is 5.70. The summed E-state index contributed by atoms with van der Waals surface area (Å²) in [4.78, 5) is 31.4. The van der Waals surface area contributed by atoms with Gasteiger partial charge in [0.05, 0.1) is 0 Å². The van der Waals surface area contributed by atoms with Crippen molar-refractivity contribution in [3.63, 3.8) is 0 Å². The van der Waals surface area contributed by atoms with Crippen molar-refractivity contribution < 1.29 is 27.8 Å². The SMILES string of the molecule is B[PH]1(OCOC(C)=O)OC[C@H]2O[C@@H](N3CNc4c3nc(N)[nH]c4=O)C[C@@H]2O1. The Morgan fingerprint density at radius 1 is 1.52 bits per heavy atom. The summed E-state index contributed by atoms with van der Waals surface area (Å²) in [6.45, 7) is 1.77. The van der Waals surface area contributed by atoms with Gasteiger partial charge in [-0.1, -0.05) is 0 Å². The Bertz CT molecular complexity index is 812. The maximum absolute atomic E-state index is 12.0. The van der Waals surface area contributed by atoms with Gasteiger partial charge < -0.3 is 0 Å². The Hall–Kier alpha value is -1.92. The number of nitrogen functional groups attached to an aromatic ring is 1. The molecule has 12 nitrogen and oxygen atoms in total. The van der Waals surface area contributed by atoms with Crippen molar-refractivity contribution in [1.82, 2.24) is 9.97 Å². The number of anilines is 3. The predicted molar refractivity (Wildman–Crippen MR) is 98.9 cm³/mol. The van der Waals surface area contributed by atoms with Crippen molar-refractivity contribution in [3.05, 3.63) is 10.4 Å². The third-order valence-electron chi connectivity index (χ3n) is 4.60. The van der Waals surface area contributed by atoms with E-state index < -0.39 is 13.8 Å². The van der Waals surface area contributed by atoms with Crippen molar-refractivity contribution in [2.24, 2.45) is 0 Å². The molecule has 4 rings (SSSR count). The van der Waals surface area contributed by atoms with Crippen LogP contribution in [0.1, 0.15) is 13.3 Å². The fourth-order valence-corrected chi connectivity index (χ4v) is 5.08. The van der Waals surface area contributed by atoms with Gasteiger partial charge in [-0.05, 0) is 0 Å². The van der Waals surface area contributed by atoms with Crippen LogP contribution in [0.15, 0.2) is 4.79 Å². The van der Waals surface area contributed by atoms with Gasteiger partial charge in [-0.25, -0.2) is 0 Å². The normalized spacial score (nSPS) is 29.5. The van der Waals surface area contributed by atoms with Crippen LogP contribution in [-0.2, 0) is 27.8 Å². The van der Waals surface area contributed by atoms with Crippen LogP contribution in [0.2, 0.25) is 0 Å². The van der Waals surface area contributed by atoms with Crippen LogP contribution in [0.5, 0.6) is 0 Å². The summed E-state index contributed by atoms with van der Waals surface area (Å²) in [6, 6.07) is 0. The molecule has 3 atom stereocenters. The second-order valence-corrected chi connectivity index (χ2v) is 9.08. The van der Waals surface area contributed by atoms with Gasteiger partial charge in [0.1, 0.15) is 0 Å². The number of carbonyl (C=O) groups excluding carboxylic acids is 1. The second-order valence-electron chi connectivity index (χ2n) is 6.55. The third-order valence-corrected chi connectivity index (χ3v) is 6.67. The molecule has 0 aliphatic carbocycles. The number of hydrogen-bond acceptors (Lipinski definition) is 11. The van der Waals surface area contributed by atoms with Crippen LogP contribution in [0.25, 0.3) is 0 Å². The van der Waals surface area contributed by atoms with Crippen LogP contribution in [0.3, 0.4) is 0 Å². The number of fused-ring (bicyclic) bond motifs is 2. The summed E-state index contributed by atoms with van der Waals surface area (Å²) >= 11 is 0. The summed E-state index contributed by atoms with van der Waals surface area (Å²) in [5.74, 6) is 0.0562. The number of hydrogen-bond donors (Lipinski definition) is 3. The van der Waals surface area contributed by atoms with E-state index in [9.17, 15) is 9.59 Å². The van der Waals surface area contributed by atoms with Crippen molar-refractivity contribution in [3.8, 4) is 0 Å². The number of rotatable bonds is 4. The zero-order valence-electron chi connectivity index (χ0n) is 14.9. The quantitative estimate of drug-likeness (QED) is 0.238. The van der Waals surface area contributed by atoms with Crippen LogP contribution in [0, 0.1) is 0 Å². The summed E-state index contributed by atoms with van der Waals surface area (Å²) < 4.78 is 28.1. The molecule has 0 saturated carbocycles. The summed E-state index contributed by atoms with van der Waals surface area (Å²) in [5, 5.41) is 3.01. The average Bonchev–Trinajstić information content (AvgIpc) is 3.17. The first-order valence-corrected chi connectivity index (χ1v) is 10.7. The molecule has 0 amide bonds. The van der Waals surface area contributed by atoms with E-state index in [2.05, 4.69) is 15.3 Å². The molecule has 0 spiro atoms. The fraction of sp³-hybridized carbons (Fsp3) is 0.615. The molecule has 0 aromatic carbocycles. The van der Waals surface area contributed by atoms with Gasteiger partial charge in [0.25, 0.3) is 0 Å². The van der Waals surface area contributed by atoms with Crippen molar-refractivity contribution in [2.75, 3.05) is 36.0 Å². The average molecular weight is 401 g/mol. The monoisotopic (exact) mass is 401 g/mol. The molecule has 0 radical (unpaired) electrons.